The summed E-state index contributed by atoms with van der Waals surface area (Å²) in [7, 11) is 2.21. The Morgan fingerprint density at radius 1 is 0.843 bits per heavy atom. The third-order valence-corrected chi connectivity index (χ3v) is 8.84. The van der Waals surface area contributed by atoms with E-state index in [0.29, 0.717) is 17.8 Å². The van der Waals surface area contributed by atoms with Crippen LogP contribution in [0.1, 0.15) is 132 Å². The quantitative estimate of drug-likeness (QED) is 0.149. The Hall–Kier alpha value is -3.40. The average Bonchev–Trinajstić information content (AvgIpc) is 3.08. The van der Waals surface area contributed by atoms with E-state index < -0.39 is 29.2 Å². The molecule has 4 nitrogen and oxygen atoms in total. The van der Waals surface area contributed by atoms with Crippen molar-refractivity contribution in [3.8, 4) is 0 Å². The SMILES string of the molecule is CC/C=C(/c1ccc(CC)cc1)c1cnc(Nc2cc(C(F)(F)F)cc(C(F)(F)F)c2)nc1C.CC1CCCCC1.CCCCCN(C)CCC. The molecule has 0 aliphatic heterocycles. The number of alkyl halides is 6. The fourth-order valence-corrected chi connectivity index (χ4v) is 5.89. The number of aromatic nitrogens is 2. The lowest BCUT2D eigenvalue weighted by atomic mass is 9.91. The van der Waals surface area contributed by atoms with Crippen LogP contribution >= 0.6 is 0 Å². The highest BCUT2D eigenvalue weighted by atomic mass is 19.4. The summed E-state index contributed by atoms with van der Waals surface area (Å²) in [4.78, 5) is 10.9. The zero-order chi connectivity index (χ0) is 38.0. The molecule has 0 atom stereocenters. The summed E-state index contributed by atoms with van der Waals surface area (Å²) >= 11 is 0. The number of anilines is 2. The third kappa shape index (κ3) is 15.8. The molecule has 1 N–H and O–H groups in total. The van der Waals surface area contributed by atoms with Gasteiger partial charge in [-0.1, -0.05) is 110 Å². The lowest BCUT2D eigenvalue weighted by Gasteiger charge is -2.16. The van der Waals surface area contributed by atoms with Crippen molar-refractivity contribution in [2.45, 2.75) is 125 Å². The first kappa shape index (κ1) is 43.8. The molecule has 10 heteroatoms. The topological polar surface area (TPSA) is 41.1 Å². The minimum Gasteiger partial charge on any atom is -0.324 e. The van der Waals surface area contributed by atoms with E-state index >= 15 is 0 Å². The fraction of sp³-hybridized carbons (Fsp3) is 0.561. The predicted octanol–water partition coefficient (Wildman–Crippen LogP) is 13.1. The van der Waals surface area contributed by atoms with Gasteiger partial charge in [0.05, 0.1) is 16.8 Å². The van der Waals surface area contributed by atoms with Crippen LogP contribution in [0.5, 0.6) is 0 Å². The van der Waals surface area contributed by atoms with Crippen molar-refractivity contribution in [1.29, 1.82) is 0 Å². The summed E-state index contributed by atoms with van der Waals surface area (Å²) < 4.78 is 78.8. The molecule has 0 radical (unpaired) electrons. The van der Waals surface area contributed by atoms with Crippen molar-refractivity contribution in [1.82, 2.24) is 14.9 Å². The molecule has 0 bridgehead atoms. The molecule has 0 unspecified atom stereocenters. The highest BCUT2D eigenvalue weighted by Gasteiger charge is 2.37. The number of rotatable bonds is 12. The predicted molar refractivity (Wildman–Crippen MR) is 199 cm³/mol. The largest absolute Gasteiger partial charge is 0.416 e. The Morgan fingerprint density at radius 2 is 1.45 bits per heavy atom. The molecule has 51 heavy (non-hydrogen) atoms. The van der Waals surface area contributed by atoms with Crippen molar-refractivity contribution in [3.05, 3.63) is 88.2 Å². The Morgan fingerprint density at radius 3 is 1.90 bits per heavy atom. The van der Waals surface area contributed by atoms with Crippen LogP contribution in [-0.2, 0) is 18.8 Å². The molecule has 0 spiro atoms. The van der Waals surface area contributed by atoms with Crippen LogP contribution in [0.15, 0.2) is 54.7 Å². The van der Waals surface area contributed by atoms with Crippen LogP contribution in [0.3, 0.4) is 0 Å². The summed E-state index contributed by atoms with van der Waals surface area (Å²) in [5, 5.41) is 2.48. The van der Waals surface area contributed by atoms with Gasteiger partial charge in [0.25, 0.3) is 0 Å². The molecule has 284 valence electrons. The number of unbranched alkanes of at least 4 members (excludes halogenated alkanes) is 2. The van der Waals surface area contributed by atoms with Crippen LogP contribution in [0.4, 0.5) is 38.0 Å². The number of hydrogen-bond donors (Lipinski definition) is 1. The van der Waals surface area contributed by atoms with Gasteiger partial charge in [0.1, 0.15) is 0 Å². The number of benzene rings is 2. The Kier molecular flexibility index (Phi) is 18.7. The maximum absolute atomic E-state index is 13.1. The number of nitrogens with one attached hydrogen (secondary N) is 1. The van der Waals surface area contributed by atoms with E-state index in [1.54, 1.807) is 6.92 Å². The van der Waals surface area contributed by atoms with Gasteiger partial charge in [-0.25, -0.2) is 9.97 Å². The summed E-state index contributed by atoms with van der Waals surface area (Å²) in [6.45, 7) is 15.1. The zero-order valence-electron chi connectivity index (χ0n) is 31.6. The molecular weight excluding hydrogens is 662 g/mol. The second-order valence-corrected chi connectivity index (χ2v) is 13.4. The standard InChI is InChI=1S/C25H23F6N3.C9H21N.C7H14/c1-4-6-21(17-9-7-16(5-2)8-10-17)22-14-32-23(33-15(22)3)34-20-12-18(24(26,27)28)11-19(13-20)25(29,30)31;1-4-6-7-9-10(3)8-5-2;1-7-5-3-2-4-6-7/h6-14H,4-5H2,1-3H3,(H,32,33,34);4-9H2,1-3H3;7H,2-6H2,1H3/b21-6-;;. The number of nitrogens with zero attached hydrogens (tertiary/aromatic N) is 3. The van der Waals surface area contributed by atoms with E-state index in [4.69, 9.17) is 0 Å². The summed E-state index contributed by atoms with van der Waals surface area (Å²) in [6, 6.07) is 9.30. The van der Waals surface area contributed by atoms with Crippen molar-refractivity contribution < 1.29 is 26.3 Å². The second kappa shape index (κ2) is 21.8. The van der Waals surface area contributed by atoms with Gasteiger partial charge in [0.2, 0.25) is 5.95 Å². The number of hydrogen-bond acceptors (Lipinski definition) is 4. The zero-order valence-corrected chi connectivity index (χ0v) is 31.6. The maximum Gasteiger partial charge on any atom is 0.416 e. The Labute approximate surface area is 302 Å². The molecule has 1 saturated carbocycles. The third-order valence-electron chi connectivity index (χ3n) is 8.84. The Bertz CT molecular complexity index is 1430. The van der Waals surface area contributed by atoms with Gasteiger partial charge < -0.3 is 10.2 Å². The van der Waals surface area contributed by atoms with Gasteiger partial charge >= 0.3 is 12.4 Å². The summed E-state index contributed by atoms with van der Waals surface area (Å²) in [5.41, 5.74) is 1.05. The van der Waals surface area contributed by atoms with E-state index in [2.05, 4.69) is 54.9 Å². The highest BCUT2D eigenvalue weighted by molar-refractivity contribution is 5.80. The van der Waals surface area contributed by atoms with E-state index in [1.165, 1.54) is 82.6 Å². The molecular formula is C41H58F6N4. The molecule has 0 amide bonds. The van der Waals surface area contributed by atoms with E-state index in [9.17, 15) is 26.3 Å². The lowest BCUT2D eigenvalue weighted by Crippen LogP contribution is -2.20. The minimum absolute atomic E-state index is 0.0754. The molecule has 2 aromatic carbocycles. The number of allylic oxidation sites excluding steroid dienone is 1. The van der Waals surface area contributed by atoms with Crippen molar-refractivity contribution in [3.63, 3.8) is 0 Å². The summed E-state index contributed by atoms with van der Waals surface area (Å²) in [5.74, 6) is 0.930. The molecule has 4 rings (SSSR count). The molecule has 1 fully saturated rings. The first-order chi connectivity index (χ1) is 24.1. The summed E-state index contributed by atoms with van der Waals surface area (Å²) in [6.07, 6.45) is 8.10. The minimum atomic E-state index is -4.94. The number of halogens is 6. The van der Waals surface area contributed by atoms with Gasteiger partial charge in [-0.15, -0.1) is 0 Å². The monoisotopic (exact) mass is 720 g/mol. The van der Waals surface area contributed by atoms with Crippen LogP contribution in [-0.4, -0.2) is 35.0 Å². The van der Waals surface area contributed by atoms with E-state index in [-0.39, 0.29) is 12.0 Å². The van der Waals surface area contributed by atoms with Gasteiger partial charge in [-0.3, -0.25) is 0 Å². The molecule has 1 aliphatic rings. The van der Waals surface area contributed by atoms with E-state index in [1.807, 2.05) is 37.3 Å². The Balaban J connectivity index is 0.000000433. The van der Waals surface area contributed by atoms with Gasteiger partial charge in [0.15, 0.2) is 0 Å². The molecule has 1 aliphatic carbocycles. The van der Waals surface area contributed by atoms with Crippen LogP contribution in [0, 0.1) is 12.8 Å². The van der Waals surface area contributed by atoms with Crippen LogP contribution in [0.2, 0.25) is 0 Å². The molecule has 3 aromatic rings. The van der Waals surface area contributed by atoms with Crippen LogP contribution < -0.4 is 5.32 Å². The molecule has 1 heterocycles. The average molecular weight is 721 g/mol. The van der Waals surface area contributed by atoms with E-state index in [0.717, 1.165) is 35.5 Å². The smallest absolute Gasteiger partial charge is 0.324 e. The number of aryl methyl sites for hydroxylation is 2. The van der Waals surface area contributed by atoms with Crippen molar-refractivity contribution >= 4 is 17.2 Å². The van der Waals surface area contributed by atoms with Crippen LogP contribution in [0.25, 0.3) is 5.57 Å². The van der Waals surface area contributed by atoms with Gasteiger partial charge in [-0.05, 0) is 93.6 Å². The highest BCUT2D eigenvalue weighted by Crippen LogP contribution is 2.38. The normalized spacial score (nSPS) is 14.0. The first-order valence-electron chi connectivity index (χ1n) is 18.5. The fourth-order valence-electron chi connectivity index (χ4n) is 5.89. The maximum atomic E-state index is 13.1. The molecule has 0 saturated heterocycles. The first-order valence-corrected chi connectivity index (χ1v) is 18.5. The molecule has 1 aromatic heterocycles. The van der Waals surface area contributed by atoms with Gasteiger partial charge in [-0.2, -0.15) is 26.3 Å². The van der Waals surface area contributed by atoms with Crippen molar-refractivity contribution in [2.75, 3.05) is 25.5 Å². The lowest BCUT2D eigenvalue weighted by molar-refractivity contribution is -0.143. The van der Waals surface area contributed by atoms with Crippen molar-refractivity contribution in [2.24, 2.45) is 5.92 Å². The van der Waals surface area contributed by atoms with Gasteiger partial charge in [0, 0.05) is 17.4 Å². The second-order valence-electron chi connectivity index (χ2n) is 13.4.